The second-order valence-corrected chi connectivity index (χ2v) is 9.82. The van der Waals surface area contributed by atoms with E-state index in [1.807, 2.05) is 6.92 Å². The average Bonchev–Trinajstić information content (AvgIpc) is 2.67. The smallest absolute Gasteiger partial charge is 0.309 e. The fourth-order valence-corrected chi connectivity index (χ4v) is 6.62. The van der Waals surface area contributed by atoms with Crippen LogP contribution in [0.5, 0.6) is 0 Å². The number of carbonyl (C=O) groups is 1. The molecule has 6 nitrogen and oxygen atoms in total. The maximum Gasteiger partial charge on any atom is 0.309 e. The molecule has 0 saturated heterocycles. The topological polar surface area (TPSA) is 84.2 Å². The first-order chi connectivity index (χ1) is 14.2. The van der Waals surface area contributed by atoms with Gasteiger partial charge in [-0.25, -0.2) is 9.07 Å². The van der Waals surface area contributed by atoms with Crippen LogP contribution in [0.25, 0.3) is 0 Å². The van der Waals surface area contributed by atoms with E-state index in [9.17, 15) is 19.1 Å². The average molecular weight is 432 g/mol. The number of carboxylic acid groups (broad SMARTS) is 1. The lowest BCUT2D eigenvalue weighted by Gasteiger charge is -2.60. The fraction of sp³-hybridized carbons (Fsp3) is 0.500. The van der Waals surface area contributed by atoms with Crippen molar-refractivity contribution in [3.63, 3.8) is 0 Å². The summed E-state index contributed by atoms with van der Waals surface area (Å²) in [5, 5.41) is 17.4. The molecule has 2 atom stereocenters. The zero-order valence-electron chi connectivity index (χ0n) is 16.6. The quantitative estimate of drug-likeness (QED) is 0.746. The van der Waals surface area contributed by atoms with Crippen LogP contribution < -0.4 is 10.9 Å². The standard InChI is InChI=1S/C22H23ClFN3O3/c1-12-2-3-15(24)5-16(12)26-17-10-25-27(19(28)18(17)23)22-8-13-4-14(9-22)7-21(6-13,11-22)20(29)30/h2-3,5,10,13-14,26H,4,6-9,11H2,1H3,(H,29,30). The Labute approximate surface area is 178 Å². The molecule has 4 aliphatic rings. The molecular weight excluding hydrogens is 409 g/mol. The second-order valence-electron chi connectivity index (χ2n) is 9.44. The van der Waals surface area contributed by atoms with Crippen molar-refractivity contribution in [3.8, 4) is 0 Å². The van der Waals surface area contributed by atoms with E-state index in [1.165, 1.54) is 23.0 Å². The van der Waals surface area contributed by atoms with Gasteiger partial charge in [-0.1, -0.05) is 17.7 Å². The molecule has 4 saturated carbocycles. The molecule has 158 valence electrons. The monoisotopic (exact) mass is 431 g/mol. The van der Waals surface area contributed by atoms with Crippen molar-refractivity contribution in [1.82, 2.24) is 9.78 Å². The minimum Gasteiger partial charge on any atom is -0.481 e. The van der Waals surface area contributed by atoms with Gasteiger partial charge in [-0.3, -0.25) is 9.59 Å². The van der Waals surface area contributed by atoms with Crippen LogP contribution in [0.15, 0.2) is 29.2 Å². The second kappa shape index (κ2) is 6.54. The fourth-order valence-electron chi connectivity index (χ4n) is 6.44. The Morgan fingerprint density at radius 3 is 2.63 bits per heavy atom. The number of rotatable bonds is 4. The SMILES string of the molecule is Cc1ccc(F)cc1Nc1cnn(C23CC4CC(CC(C(=O)O)(C4)C2)C3)c(=O)c1Cl. The van der Waals surface area contributed by atoms with E-state index < -0.39 is 28.3 Å². The summed E-state index contributed by atoms with van der Waals surface area (Å²) in [5.41, 5.74) is -0.178. The molecule has 1 aromatic carbocycles. The predicted molar refractivity (Wildman–Crippen MR) is 111 cm³/mol. The Kier molecular flexibility index (Phi) is 4.26. The molecule has 1 heterocycles. The molecule has 0 radical (unpaired) electrons. The van der Waals surface area contributed by atoms with Crippen LogP contribution in [-0.2, 0) is 10.3 Å². The molecule has 0 spiro atoms. The minimum absolute atomic E-state index is 0.0196. The molecular formula is C22H23ClFN3O3. The third kappa shape index (κ3) is 2.86. The summed E-state index contributed by atoms with van der Waals surface area (Å²) in [6, 6.07) is 4.34. The van der Waals surface area contributed by atoms with E-state index >= 15 is 0 Å². The lowest BCUT2D eigenvalue weighted by molar-refractivity contribution is -0.173. The highest BCUT2D eigenvalue weighted by atomic mass is 35.5. The summed E-state index contributed by atoms with van der Waals surface area (Å²) in [6.45, 7) is 1.82. The van der Waals surface area contributed by atoms with Gasteiger partial charge < -0.3 is 10.4 Å². The summed E-state index contributed by atoms with van der Waals surface area (Å²) in [5.74, 6) is -0.571. The third-order valence-corrected chi connectivity index (χ3v) is 7.69. The van der Waals surface area contributed by atoms with Crippen molar-refractivity contribution in [3.05, 3.63) is 51.2 Å². The van der Waals surface area contributed by atoms with Crippen LogP contribution in [0.3, 0.4) is 0 Å². The predicted octanol–water partition coefficient (Wildman–Crippen LogP) is 4.47. The minimum atomic E-state index is -0.771. The number of anilines is 2. The number of hydrogen-bond donors (Lipinski definition) is 2. The van der Waals surface area contributed by atoms with Crippen molar-refractivity contribution in [2.75, 3.05) is 5.32 Å². The highest BCUT2D eigenvalue weighted by Gasteiger charge is 2.62. The highest BCUT2D eigenvalue weighted by Crippen LogP contribution is 2.63. The Hall–Kier alpha value is -2.41. The zero-order chi connectivity index (χ0) is 21.3. The summed E-state index contributed by atoms with van der Waals surface area (Å²) < 4.78 is 15.1. The Balaban J connectivity index is 1.54. The summed E-state index contributed by atoms with van der Waals surface area (Å²) in [7, 11) is 0. The van der Waals surface area contributed by atoms with E-state index in [2.05, 4.69) is 10.4 Å². The van der Waals surface area contributed by atoms with Gasteiger partial charge in [0.05, 0.1) is 22.8 Å². The molecule has 4 bridgehead atoms. The maximum atomic E-state index is 13.6. The number of aryl methyl sites for hydroxylation is 1. The summed E-state index contributed by atoms with van der Waals surface area (Å²) in [4.78, 5) is 25.3. The Bertz CT molecular complexity index is 1100. The number of aliphatic carboxylic acids is 1. The van der Waals surface area contributed by atoms with E-state index in [-0.39, 0.29) is 5.02 Å². The number of nitrogens with one attached hydrogen (secondary N) is 1. The molecule has 2 unspecified atom stereocenters. The van der Waals surface area contributed by atoms with E-state index in [0.717, 1.165) is 24.8 Å². The molecule has 4 aliphatic carbocycles. The Morgan fingerprint density at radius 2 is 1.97 bits per heavy atom. The highest BCUT2D eigenvalue weighted by molar-refractivity contribution is 6.33. The number of halogens is 2. The molecule has 1 aromatic heterocycles. The molecule has 2 N–H and O–H groups in total. The Morgan fingerprint density at radius 1 is 1.27 bits per heavy atom. The lowest BCUT2D eigenvalue weighted by Crippen LogP contribution is -2.61. The van der Waals surface area contributed by atoms with Crippen LogP contribution in [0.2, 0.25) is 5.02 Å². The first-order valence-corrected chi connectivity index (χ1v) is 10.6. The van der Waals surface area contributed by atoms with Crippen LogP contribution in [0, 0.1) is 30.0 Å². The number of carboxylic acids is 1. The van der Waals surface area contributed by atoms with Gasteiger partial charge >= 0.3 is 5.97 Å². The van der Waals surface area contributed by atoms with Gasteiger partial charge in [-0.2, -0.15) is 5.10 Å². The van der Waals surface area contributed by atoms with Crippen molar-refractivity contribution in [2.45, 2.75) is 51.0 Å². The molecule has 6 rings (SSSR count). The normalized spacial score (nSPS) is 31.7. The number of benzene rings is 1. The van der Waals surface area contributed by atoms with Gasteiger partial charge in [0.15, 0.2) is 0 Å². The molecule has 30 heavy (non-hydrogen) atoms. The van der Waals surface area contributed by atoms with Crippen molar-refractivity contribution < 1.29 is 14.3 Å². The largest absolute Gasteiger partial charge is 0.481 e. The van der Waals surface area contributed by atoms with Gasteiger partial charge in [-0.05, 0) is 75.0 Å². The molecule has 0 amide bonds. The number of hydrogen-bond acceptors (Lipinski definition) is 4. The van der Waals surface area contributed by atoms with E-state index in [4.69, 9.17) is 11.6 Å². The molecule has 0 aliphatic heterocycles. The van der Waals surface area contributed by atoms with Crippen LogP contribution in [0.4, 0.5) is 15.8 Å². The van der Waals surface area contributed by atoms with Gasteiger partial charge in [0, 0.05) is 5.69 Å². The van der Waals surface area contributed by atoms with Crippen LogP contribution in [-0.4, -0.2) is 20.9 Å². The number of aromatic nitrogens is 2. The van der Waals surface area contributed by atoms with Crippen LogP contribution >= 0.6 is 11.6 Å². The van der Waals surface area contributed by atoms with E-state index in [0.29, 0.717) is 42.5 Å². The lowest BCUT2D eigenvalue weighted by atomic mass is 9.47. The van der Waals surface area contributed by atoms with Gasteiger partial charge in [0.2, 0.25) is 0 Å². The molecule has 8 heteroatoms. The summed E-state index contributed by atoms with van der Waals surface area (Å²) in [6.07, 6.45) is 5.82. The first kappa shape index (κ1) is 19.5. The van der Waals surface area contributed by atoms with Crippen LogP contribution in [0.1, 0.15) is 44.1 Å². The van der Waals surface area contributed by atoms with Crippen molar-refractivity contribution in [1.29, 1.82) is 0 Å². The molecule has 4 fully saturated rings. The van der Waals surface area contributed by atoms with Gasteiger partial charge in [-0.15, -0.1) is 0 Å². The van der Waals surface area contributed by atoms with E-state index in [1.54, 1.807) is 6.07 Å². The maximum absolute atomic E-state index is 13.6. The van der Waals surface area contributed by atoms with Gasteiger partial charge in [0.25, 0.3) is 5.56 Å². The third-order valence-electron chi connectivity index (χ3n) is 7.32. The summed E-state index contributed by atoms with van der Waals surface area (Å²) >= 11 is 6.43. The first-order valence-electron chi connectivity index (χ1n) is 10.3. The zero-order valence-corrected chi connectivity index (χ0v) is 17.4. The molecule has 2 aromatic rings. The van der Waals surface area contributed by atoms with Gasteiger partial charge in [0.1, 0.15) is 10.8 Å². The van der Waals surface area contributed by atoms with Crippen molar-refractivity contribution >= 4 is 28.9 Å². The van der Waals surface area contributed by atoms with Crippen molar-refractivity contribution in [2.24, 2.45) is 17.3 Å². The number of nitrogens with zero attached hydrogens (tertiary/aromatic N) is 2.